The van der Waals surface area contributed by atoms with Gasteiger partial charge in [0.2, 0.25) is 0 Å². The summed E-state index contributed by atoms with van der Waals surface area (Å²) in [7, 11) is 1.54. The van der Waals surface area contributed by atoms with Crippen LogP contribution >= 0.6 is 0 Å². The molecule has 2 aromatic carbocycles. The van der Waals surface area contributed by atoms with Gasteiger partial charge in [0.15, 0.2) is 17.3 Å². The van der Waals surface area contributed by atoms with Gasteiger partial charge in [-0.3, -0.25) is 9.59 Å². The SMILES string of the molecule is CCC(=O)c1ccc(OCCCCOc2cc(OC=O)ccc2OC)c(C)c1O. The van der Waals surface area contributed by atoms with Crippen molar-refractivity contribution in [2.24, 2.45) is 0 Å². The smallest absolute Gasteiger partial charge is 0.298 e. The number of methoxy groups -OCH3 is 1. The monoisotopic (exact) mass is 402 g/mol. The first-order valence-corrected chi connectivity index (χ1v) is 9.41. The predicted molar refractivity (Wildman–Crippen MR) is 107 cm³/mol. The van der Waals surface area contributed by atoms with Gasteiger partial charge in [-0.05, 0) is 44.0 Å². The topological polar surface area (TPSA) is 91.3 Å². The minimum atomic E-state index is -0.104. The molecule has 0 bridgehead atoms. The molecule has 0 fully saturated rings. The van der Waals surface area contributed by atoms with E-state index in [0.717, 1.165) is 12.8 Å². The van der Waals surface area contributed by atoms with Crippen LogP contribution in [-0.4, -0.2) is 37.7 Å². The zero-order chi connectivity index (χ0) is 21.2. The number of phenols is 1. The molecule has 2 rings (SSSR count). The molecule has 0 aliphatic carbocycles. The second-order valence-electron chi connectivity index (χ2n) is 6.29. The van der Waals surface area contributed by atoms with E-state index < -0.39 is 0 Å². The van der Waals surface area contributed by atoms with Gasteiger partial charge in [-0.15, -0.1) is 0 Å². The summed E-state index contributed by atoms with van der Waals surface area (Å²) in [5.41, 5.74) is 0.873. The van der Waals surface area contributed by atoms with Crippen molar-refractivity contribution in [2.45, 2.75) is 33.1 Å². The summed E-state index contributed by atoms with van der Waals surface area (Å²) in [6, 6.07) is 8.17. The number of carbonyl (C=O) groups excluding carboxylic acids is 2. The Kier molecular flexibility index (Phi) is 8.33. The fourth-order valence-corrected chi connectivity index (χ4v) is 2.72. The van der Waals surface area contributed by atoms with Gasteiger partial charge >= 0.3 is 0 Å². The first-order chi connectivity index (χ1) is 14.0. The molecule has 2 aromatic rings. The summed E-state index contributed by atoms with van der Waals surface area (Å²) >= 11 is 0. The van der Waals surface area contributed by atoms with Crippen LogP contribution < -0.4 is 18.9 Å². The van der Waals surface area contributed by atoms with Crippen LogP contribution in [0.4, 0.5) is 0 Å². The van der Waals surface area contributed by atoms with Crippen LogP contribution in [0, 0.1) is 6.92 Å². The average molecular weight is 402 g/mol. The highest BCUT2D eigenvalue weighted by Gasteiger charge is 2.14. The minimum absolute atomic E-state index is 0.0257. The Morgan fingerprint density at radius 3 is 2.31 bits per heavy atom. The average Bonchev–Trinajstić information content (AvgIpc) is 2.73. The molecule has 0 aliphatic rings. The molecule has 7 heteroatoms. The number of hydrogen-bond donors (Lipinski definition) is 1. The molecule has 0 heterocycles. The largest absolute Gasteiger partial charge is 0.507 e. The van der Waals surface area contributed by atoms with Crippen LogP contribution in [0.15, 0.2) is 30.3 Å². The fourth-order valence-electron chi connectivity index (χ4n) is 2.72. The van der Waals surface area contributed by atoms with E-state index >= 15 is 0 Å². The summed E-state index contributed by atoms with van der Waals surface area (Å²) in [4.78, 5) is 22.3. The third-order valence-electron chi connectivity index (χ3n) is 4.38. The van der Waals surface area contributed by atoms with Crippen molar-refractivity contribution in [3.05, 3.63) is 41.5 Å². The van der Waals surface area contributed by atoms with Crippen molar-refractivity contribution >= 4 is 12.3 Å². The summed E-state index contributed by atoms with van der Waals surface area (Å²) < 4.78 is 21.5. The van der Waals surface area contributed by atoms with Crippen molar-refractivity contribution in [3.8, 4) is 28.7 Å². The lowest BCUT2D eigenvalue weighted by molar-refractivity contribution is -0.120. The second kappa shape index (κ2) is 10.9. The van der Waals surface area contributed by atoms with Gasteiger partial charge in [-0.1, -0.05) is 6.92 Å². The molecule has 0 saturated heterocycles. The first-order valence-electron chi connectivity index (χ1n) is 9.41. The molecule has 0 atom stereocenters. The number of aromatic hydroxyl groups is 1. The lowest BCUT2D eigenvalue weighted by Crippen LogP contribution is -2.05. The van der Waals surface area contributed by atoms with Crippen LogP contribution in [-0.2, 0) is 4.79 Å². The van der Waals surface area contributed by atoms with E-state index in [1.54, 1.807) is 44.2 Å². The lowest BCUT2D eigenvalue weighted by Gasteiger charge is -2.13. The highest BCUT2D eigenvalue weighted by Crippen LogP contribution is 2.32. The number of benzene rings is 2. The van der Waals surface area contributed by atoms with Gasteiger partial charge < -0.3 is 24.1 Å². The van der Waals surface area contributed by atoms with Crippen molar-refractivity contribution in [1.29, 1.82) is 0 Å². The van der Waals surface area contributed by atoms with Crippen LogP contribution in [0.2, 0.25) is 0 Å². The normalized spacial score (nSPS) is 10.3. The van der Waals surface area contributed by atoms with Gasteiger partial charge in [-0.2, -0.15) is 0 Å². The second-order valence-corrected chi connectivity index (χ2v) is 6.29. The number of rotatable bonds is 12. The van der Waals surface area contributed by atoms with Crippen LogP contribution in [0.5, 0.6) is 28.7 Å². The molecule has 0 spiro atoms. The molecule has 0 radical (unpaired) electrons. The summed E-state index contributed by atoms with van der Waals surface area (Å²) in [6.07, 6.45) is 1.78. The predicted octanol–water partition coefficient (Wildman–Crippen LogP) is 4.08. The van der Waals surface area contributed by atoms with Crippen molar-refractivity contribution < 1.29 is 33.6 Å². The summed E-state index contributed by atoms with van der Waals surface area (Å²) in [5, 5.41) is 10.2. The van der Waals surface area contributed by atoms with E-state index in [9.17, 15) is 14.7 Å². The van der Waals surface area contributed by atoms with E-state index in [1.165, 1.54) is 7.11 Å². The quantitative estimate of drug-likeness (QED) is 0.325. The Labute approximate surface area is 170 Å². The highest BCUT2D eigenvalue weighted by atomic mass is 16.5. The number of unbranched alkanes of at least 4 members (excludes halogenated alkanes) is 1. The zero-order valence-electron chi connectivity index (χ0n) is 16.9. The molecule has 156 valence electrons. The Morgan fingerprint density at radius 1 is 1.03 bits per heavy atom. The van der Waals surface area contributed by atoms with Crippen molar-refractivity contribution in [1.82, 2.24) is 0 Å². The van der Waals surface area contributed by atoms with Gasteiger partial charge in [-0.25, -0.2) is 0 Å². The molecule has 0 saturated carbocycles. The van der Waals surface area contributed by atoms with Crippen LogP contribution in [0.1, 0.15) is 42.1 Å². The third kappa shape index (κ3) is 5.88. The molecule has 29 heavy (non-hydrogen) atoms. The molecule has 0 unspecified atom stereocenters. The van der Waals surface area contributed by atoms with E-state index in [0.29, 0.717) is 60.2 Å². The zero-order valence-corrected chi connectivity index (χ0v) is 16.9. The number of ether oxygens (including phenoxy) is 4. The maximum absolute atomic E-state index is 11.8. The third-order valence-corrected chi connectivity index (χ3v) is 4.38. The minimum Gasteiger partial charge on any atom is -0.507 e. The Morgan fingerprint density at radius 2 is 1.69 bits per heavy atom. The van der Waals surface area contributed by atoms with Crippen LogP contribution in [0.3, 0.4) is 0 Å². The van der Waals surface area contributed by atoms with Crippen molar-refractivity contribution in [3.63, 3.8) is 0 Å². The van der Waals surface area contributed by atoms with E-state index in [2.05, 4.69) is 0 Å². The fraction of sp³-hybridized carbons (Fsp3) is 0.364. The molecular formula is C22H26O7. The van der Waals surface area contributed by atoms with Gasteiger partial charge in [0, 0.05) is 18.1 Å². The van der Waals surface area contributed by atoms with Gasteiger partial charge in [0.05, 0.1) is 25.9 Å². The number of ketones is 1. The van der Waals surface area contributed by atoms with Crippen molar-refractivity contribution in [2.75, 3.05) is 20.3 Å². The number of carbonyl (C=O) groups is 2. The van der Waals surface area contributed by atoms with Gasteiger partial charge in [0.25, 0.3) is 6.47 Å². The molecule has 1 N–H and O–H groups in total. The molecule has 0 aromatic heterocycles. The summed E-state index contributed by atoms with van der Waals surface area (Å²) in [5.74, 6) is 1.84. The summed E-state index contributed by atoms with van der Waals surface area (Å²) in [6.45, 7) is 4.70. The molecular weight excluding hydrogens is 376 g/mol. The lowest BCUT2D eigenvalue weighted by atomic mass is 10.0. The van der Waals surface area contributed by atoms with Gasteiger partial charge in [0.1, 0.15) is 17.2 Å². The number of hydrogen-bond acceptors (Lipinski definition) is 7. The van der Waals surface area contributed by atoms with E-state index in [-0.39, 0.29) is 11.5 Å². The number of Topliss-reactive ketones (excluding diaryl/α,β-unsaturated/α-hetero) is 1. The van der Waals surface area contributed by atoms with E-state index in [4.69, 9.17) is 18.9 Å². The Hall–Kier alpha value is -3.22. The molecule has 7 nitrogen and oxygen atoms in total. The van der Waals surface area contributed by atoms with Crippen LogP contribution in [0.25, 0.3) is 0 Å². The highest BCUT2D eigenvalue weighted by molar-refractivity contribution is 5.99. The maximum Gasteiger partial charge on any atom is 0.298 e. The van der Waals surface area contributed by atoms with E-state index in [1.807, 2.05) is 0 Å². The molecule has 0 aliphatic heterocycles. The first kappa shape index (κ1) is 22.1. The molecule has 0 amide bonds. The Balaban J connectivity index is 1.82. The standard InChI is InChI=1S/C22H26O7/c1-4-18(24)17-8-10-19(15(2)22(17)25)27-11-5-6-12-28-21-13-16(29-14-23)7-9-20(21)26-3/h7-10,13-14,25H,4-6,11-12H2,1-3H3. The number of phenolic OH excluding ortho intramolecular Hbond substituents is 1. The Bertz CT molecular complexity index is 845. The maximum atomic E-state index is 11.8.